The highest BCUT2D eigenvalue weighted by Crippen LogP contribution is 2.31. The molecule has 2 atom stereocenters. The van der Waals surface area contributed by atoms with E-state index in [4.69, 9.17) is 14.2 Å². The van der Waals surface area contributed by atoms with Gasteiger partial charge in [0.15, 0.2) is 5.12 Å². The summed E-state index contributed by atoms with van der Waals surface area (Å²) in [4.78, 5) is 50.8. The number of nitrogens with zero attached hydrogens (tertiary/aromatic N) is 1. The number of nitrogens with one attached hydrogen (secondary N) is 1. The van der Waals surface area contributed by atoms with Crippen LogP contribution >= 0.6 is 11.8 Å². The zero-order chi connectivity index (χ0) is 25.8. The monoisotopic (exact) mass is 502 g/mol. The third-order valence-corrected chi connectivity index (χ3v) is 5.83. The quantitative estimate of drug-likeness (QED) is 0.342. The molecule has 0 aliphatic carbocycles. The van der Waals surface area contributed by atoms with Crippen LogP contribution in [0.4, 0.5) is 10.5 Å². The lowest BCUT2D eigenvalue weighted by Gasteiger charge is -2.23. The van der Waals surface area contributed by atoms with Gasteiger partial charge < -0.3 is 19.5 Å². The number of hydrogen-bond acceptors (Lipinski definition) is 8. The number of hydrogen-bond donors (Lipinski definition) is 1. The largest absolute Gasteiger partial charge is 0.487 e. The molecule has 0 bridgehead atoms. The number of esters is 1. The van der Waals surface area contributed by atoms with E-state index in [2.05, 4.69) is 25.1 Å². The minimum atomic E-state index is -0.863. The number of likely N-dealkylation sites (tertiary alicyclic amines) is 1. The lowest BCUT2D eigenvalue weighted by molar-refractivity contribution is -0.141. The molecule has 2 rings (SSSR count). The molecule has 35 heavy (non-hydrogen) atoms. The van der Waals surface area contributed by atoms with Crippen molar-refractivity contribution in [3.8, 4) is 5.75 Å². The van der Waals surface area contributed by atoms with Gasteiger partial charge >= 0.3 is 12.1 Å². The van der Waals surface area contributed by atoms with Crippen molar-refractivity contribution in [2.45, 2.75) is 31.1 Å². The molecule has 1 aliphatic heterocycles. The molecule has 0 saturated carbocycles. The molecule has 0 radical (unpaired) electrons. The van der Waals surface area contributed by atoms with E-state index in [0.717, 1.165) is 11.8 Å². The molecule has 1 heterocycles. The lowest BCUT2D eigenvalue weighted by Crippen LogP contribution is -2.43. The topological polar surface area (TPSA) is 111 Å². The number of anilines is 1. The molecule has 1 aromatic rings. The van der Waals surface area contributed by atoms with Crippen LogP contribution in [0.1, 0.15) is 18.9 Å². The summed E-state index contributed by atoms with van der Waals surface area (Å²) in [6, 6.07) is 4.08. The Bertz CT molecular complexity index is 979. The highest BCUT2D eigenvalue weighted by molar-refractivity contribution is 8.14. The second kappa shape index (κ2) is 14.0. The van der Waals surface area contributed by atoms with Gasteiger partial charge in [-0.05, 0) is 24.1 Å². The van der Waals surface area contributed by atoms with Gasteiger partial charge in [-0.2, -0.15) is 0 Å². The Morgan fingerprint density at radius 2 is 1.77 bits per heavy atom. The smallest absolute Gasteiger partial charge is 0.410 e. The fraction of sp³-hybridized carbons (Fsp3) is 0.360. The van der Waals surface area contributed by atoms with E-state index in [9.17, 15) is 19.2 Å². The molecule has 1 fully saturated rings. The first-order valence-corrected chi connectivity index (χ1v) is 11.8. The SMILES string of the molecule is C=CCOC(=O)Cc1ccc(OCC=C)c(NC(=O)[C@@H]2C[C@H](SC(C)=O)CN2C(=O)OCC=C)c1. The molecular formula is C25H30N2O7S. The van der Waals surface area contributed by atoms with Crippen LogP contribution in [0, 0.1) is 0 Å². The minimum Gasteiger partial charge on any atom is -0.487 e. The van der Waals surface area contributed by atoms with Crippen molar-refractivity contribution >= 4 is 40.5 Å². The van der Waals surface area contributed by atoms with Crippen molar-refractivity contribution in [1.82, 2.24) is 4.90 Å². The first kappa shape index (κ1) is 27.7. The van der Waals surface area contributed by atoms with Gasteiger partial charge in [0.25, 0.3) is 0 Å². The van der Waals surface area contributed by atoms with Gasteiger partial charge in [-0.15, -0.1) is 0 Å². The van der Waals surface area contributed by atoms with Crippen molar-refractivity contribution in [2.24, 2.45) is 0 Å². The number of carbonyl (C=O) groups is 4. The summed E-state index contributed by atoms with van der Waals surface area (Å²) in [7, 11) is 0. The van der Waals surface area contributed by atoms with Crippen LogP contribution in [0.3, 0.4) is 0 Å². The normalized spacial score (nSPS) is 16.7. The first-order chi connectivity index (χ1) is 16.8. The van der Waals surface area contributed by atoms with Gasteiger partial charge in [0.05, 0.1) is 12.1 Å². The third-order valence-electron chi connectivity index (χ3n) is 4.83. The van der Waals surface area contributed by atoms with Gasteiger partial charge in [-0.25, -0.2) is 4.79 Å². The molecular weight excluding hydrogens is 472 g/mol. The highest BCUT2D eigenvalue weighted by atomic mass is 32.2. The van der Waals surface area contributed by atoms with Crippen LogP contribution in [0.15, 0.2) is 56.2 Å². The maximum Gasteiger partial charge on any atom is 0.410 e. The summed E-state index contributed by atoms with van der Waals surface area (Å²) in [6.07, 6.45) is 4.05. The summed E-state index contributed by atoms with van der Waals surface area (Å²) in [6.45, 7) is 12.6. The number of thioether (sulfide) groups is 1. The predicted octanol–water partition coefficient (Wildman–Crippen LogP) is 3.51. The van der Waals surface area contributed by atoms with Crippen molar-refractivity contribution < 1.29 is 33.4 Å². The van der Waals surface area contributed by atoms with E-state index in [1.165, 1.54) is 24.0 Å². The first-order valence-electron chi connectivity index (χ1n) is 10.9. The van der Waals surface area contributed by atoms with E-state index in [1.807, 2.05) is 0 Å². The Hall–Kier alpha value is -3.53. The summed E-state index contributed by atoms with van der Waals surface area (Å²) < 4.78 is 15.8. The van der Waals surface area contributed by atoms with Crippen LogP contribution < -0.4 is 10.1 Å². The number of rotatable bonds is 12. The van der Waals surface area contributed by atoms with Crippen LogP contribution in [-0.4, -0.2) is 65.6 Å². The Balaban J connectivity index is 2.25. The molecule has 1 N–H and O–H groups in total. The Morgan fingerprint density at radius 3 is 2.43 bits per heavy atom. The Kier molecular flexibility index (Phi) is 11.1. The molecule has 0 unspecified atom stereocenters. The van der Waals surface area contributed by atoms with Crippen LogP contribution in [0.5, 0.6) is 5.75 Å². The van der Waals surface area contributed by atoms with Gasteiger partial charge in [0, 0.05) is 18.7 Å². The van der Waals surface area contributed by atoms with Gasteiger partial charge in [0.2, 0.25) is 5.91 Å². The maximum atomic E-state index is 13.3. The standard InChI is InChI=1S/C25H30N2O7S/c1-5-10-32-22-9-8-18(14-23(29)33-11-6-2)13-20(22)26-24(30)21-15-19(35-17(4)28)16-27(21)25(31)34-12-7-3/h5-9,13,19,21H,1-3,10-12,14-16H2,4H3,(H,26,30)/t19-,21-/m0/s1. The van der Waals surface area contributed by atoms with Crippen molar-refractivity contribution in [1.29, 1.82) is 0 Å². The second-order valence-electron chi connectivity index (χ2n) is 7.57. The molecule has 188 valence electrons. The predicted molar refractivity (Wildman–Crippen MR) is 134 cm³/mol. The molecule has 1 aliphatic rings. The van der Waals surface area contributed by atoms with Crippen molar-refractivity contribution in [3.63, 3.8) is 0 Å². The zero-order valence-corrected chi connectivity index (χ0v) is 20.5. The molecule has 10 heteroatoms. The maximum absolute atomic E-state index is 13.3. The molecule has 0 aromatic heterocycles. The number of amides is 2. The Labute approximate surface area is 209 Å². The highest BCUT2D eigenvalue weighted by Gasteiger charge is 2.41. The van der Waals surface area contributed by atoms with Crippen LogP contribution in [-0.2, 0) is 30.3 Å². The second-order valence-corrected chi connectivity index (χ2v) is 9.05. The zero-order valence-electron chi connectivity index (χ0n) is 19.7. The van der Waals surface area contributed by atoms with E-state index < -0.39 is 24.0 Å². The molecule has 1 saturated heterocycles. The van der Waals surface area contributed by atoms with E-state index >= 15 is 0 Å². The van der Waals surface area contributed by atoms with Crippen molar-refractivity contribution in [3.05, 3.63) is 61.7 Å². The molecule has 1 aromatic carbocycles. The van der Waals surface area contributed by atoms with E-state index in [1.54, 1.807) is 24.3 Å². The summed E-state index contributed by atoms with van der Waals surface area (Å²) >= 11 is 1.08. The van der Waals surface area contributed by atoms with E-state index in [0.29, 0.717) is 17.0 Å². The number of benzene rings is 1. The Morgan fingerprint density at radius 1 is 1.09 bits per heavy atom. The number of carbonyl (C=O) groups excluding carboxylic acids is 4. The van der Waals surface area contributed by atoms with Gasteiger partial charge in [-0.1, -0.05) is 55.8 Å². The van der Waals surface area contributed by atoms with Crippen LogP contribution in [0.2, 0.25) is 0 Å². The average molecular weight is 503 g/mol. The third kappa shape index (κ3) is 8.64. The van der Waals surface area contributed by atoms with Crippen LogP contribution in [0.25, 0.3) is 0 Å². The fourth-order valence-corrected chi connectivity index (χ4v) is 4.41. The average Bonchev–Trinajstić information content (AvgIpc) is 3.24. The van der Waals surface area contributed by atoms with E-state index in [-0.39, 0.29) is 49.6 Å². The fourth-order valence-electron chi connectivity index (χ4n) is 3.43. The molecule has 9 nitrogen and oxygen atoms in total. The minimum absolute atomic E-state index is 0.00225. The summed E-state index contributed by atoms with van der Waals surface area (Å²) in [5.74, 6) is -0.546. The molecule has 0 spiro atoms. The molecule has 2 amide bonds. The number of ether oxygens (including phenoxy) is 3. The summed E-state index contributed by atoms with van der Waals surface area (Å²) in [5.41, 5.74) is 0.923. The van der Waals surface area contributed by atoms with Gasteiger partial charge in [-0.3, -0.25) is 19.3 Å². The van der Waals surface area contributed by atoms with Crippen molar-refractivity contribution in [2.75, 3.05) is 31.7 Å². The van der Waals surface area contributed by atoms with Gasteiger partial charge in [0.1, 0.15) is 31.6 Å². The summed E-state index contributed by atoms with van der Waals surface area (Å²) in [5, 5.41) is 2.45. The lowest BCUT2D eigenvalue weighted by atomic mass is 10.1.